The van der Waals surface area contributed by atoms with Crippen molar-refractivity contribution < 1.29 is 24.2 Å². The van der Waals surface area contributed by atoms with E-state index in [0.29, 0.717) is 43.5 Å². The first kappa shape index (κ1) is 27.2. The van der Waals surface area contributed by atoms with Gasteiger partial charge in [-0.25, -0.2) is 4.79 Å². The van der Waals surface area contributed by atoms with E-state index >= 15 is 0 Å². The highest BCUT2D eigenvalue weighted by Gasteiger charge is 2.39. The molecule has 8 heteroatoms. The van der Waals surface area contributed by atoms with Crippen molar-refractivity contribution in [1.29, 1.82) is 0 Å². The summed E-state index contributed by atoms with van der Waals surface area (Å²) >= 11 is 1.06. The average Bonchev–Trinajstić information content (AvgIpc) is 3.25. The van der Waals surface area contributed by atoms with E-state index in [-0.39, 0.29) is 33.7 Å². The first-order valence-corrected chi connectivity index (χ1v) is 13.4. The van der Waals surface area contributed by atoms with Gasteiger partial charge >= 0.3 is 5.97 Å². The van der Waals surface area contributed by atoms with Gasteiger partial charge < -0.3 is 14.7 Å². The number of nitrogens with zero attached hydrogens (tertiary/aromatic N) is 2. The smallest absolute Gasteiger partial charge is 0.348 e. The summed E-state index contributed by atoms with van der Waals surface area (Å²) in [5.41, 5.74) is 0.0397. The van der Waals surface area contributed by atoms with Crippen LogP contribution >= 0.6 is 11.3 Å². The highest BCUT2D eigenvalue weighted by Crippen LogP contribution is 2.37. The van der Waals surface area contributed by atoms with Crippen LogP contribution < -0.4 is 4.90 Å². The molecule has 35 heavy (non-hydrogen) atoms. The molecule has 0 unspecified atom stereocenters. The second-order valence-electron chi connectivity index (χ2n) is 10.7. The Bertz CT molecular complexity index is 985. The van der Waals surface area contributed by atoms with E-state index < -0.39 is 12.0 Å². The second kappa shape index (κ2) is 11.6. The summed E-state index contributed by atoms with van der Waals surface area (Å²) in [5.74, 6) is 5.16. The van der Waals surface area contributed by atoms with Crippen molar-refractivity contribution in [3.8, 4) is 11.8 Å². The molecule has 1 N–H and O–H groups in total. The van der Waals surface area contributed by atoms with Crippen molar-refractivity contribution in [2.75, 3.05) is 31.2 Å². The van der Waals surface area contributed by atoms with Gasteiger partial charge in [0, 0.05) is 24.4 Å². The lowest BCUT2D eigenvalue weighted by Gasteiger charge is -2.38. The zero-order chi connectivity index (χ0) is 25.8. The van der Waals surface area contributed by atoms with Crippen LogP contribution in [0, 0.1) is 29.1 Å². The van der Waals surface area contributed by atoms with E-state index in [4.69, 9.17) is 4.74 Å². The molecule has 1 saturated heterocycles. The molecule has 0 aromatic carbocycles. The molecule has 0 radical (unpaired) electrons. The third-order valence-corrected chi connectivity index (χ3v) is 7.66. The molecule has 3 rings (SSSR count). The molecule has 0 bridgehead atoms. The highest BCUT2D eigenvalue weighted by atomic mass is 32.1. The molecule has 1 atom stereocenters. The minimum atomic E-state index is -1.11. The summed E-state index contributed by atoms with van der Waals surface area (Å²) in [4.78, 5) is 43.8. The van der Waals surface area contributed by atoms with Crippen LogP contribution in [-0.2, 0) is 14.3 Å². The number of rotatable bonds is 6. The number of carbonyl (C=O) groups is 3. The maximum absolute atomic E-state index is 14.0. The van der Waals surface area contributed by atoms with Crippen LogP contribution in [0.15, 0.2) is 6.07 Å². The maximum Gasteiger partial charge on any atom is 0.348 e. The van der Waals surface area contributed by atoms with Crippen molar-refractivity contribution in [2.45, 2.75) is 72.8 Å². The Labute approximate surface area is 212 Å². The minimum absolute atomic E-state index is 0.0500. The van der Waals surface area contributed by atoms with Crippen molar-refractivity contribution >= 4 is 34.8 Å². The zero-order valence-corrected chi connectivity index (χ0v) is 22.4. The molecule has 0 spiro atoms. The van der Waals surface area contributed by atoms with Crippen molar-refractivity contribution in [1.82, 2.24) is 4.90 Å². The van der Waals surface area contributed by atoms with Crippen LogP contribution in [0.3, 0.4) is 0 Å². The average molecular weight is 503 g/mol. The Kier molecular flexibility index (Phi) is 9.00. The summed E-state index contributed by atoms with van der Waals surface area (Å²) in [6.07, 6.45) is 3.80. The van der Waals surface area contributed by atoms with Crippen LogP contribution in [0.2, 0.25) is 0 Å². The number of carboxylic acids is 1. The first-order valence-electron chi connectivity index (χ1n) is 12.6. The number of morpholine rings is 1. The quantitative estimate of drug-likeness (QED) is 0.573. The van der Waals surface area contributed by atoms with Crippen LogP contribution in [0.1, 0.15) is 81.3 Å². The third kappa shape index (κ3) is 6.86. The molecular formula is C27H38N2O5S. The summed E-state index contributed by atoms with van der Waals surface area (Å²) in [6.45, 7) is 11.9. The van der Waals surface area contributed by atoms with E-state index in [0.717, 1.165) is 37.0 Å². The Morgan fingerprint density at radius 3 is 2.37 bits per heavy atom. The van der Waals surface area contributed by atoms with Crippen LogP contribution in [0.4, 0.5) is 5.69 Å². The van der Waals surface area contributed by atoms with Gasteiger partial charge in [-0.05, 0) is 64.9 Å². The Balaban J connectivity index is 2.07. The molecule has 2 heterocycles. The Hall–Kier alpha value is -2.37. The summed E-state index contributed by atoms with van der Waals surface area (Å²) < 4.78 is 5.40. The number of amides is 2. The van der Waals surface area contributed by atoms with Crippen LogP contribution in [-0.4, -0.2) is 60.1 Å². The maximum atomic E-state index is 14.0. The molecule has 2 amide bonds. The number of carbonyl (C=O) groups excluding carboxylic acids is 2. The van der Waals surface area contributed by atoms with Gasteiger partial charge in [0.25, 0.3) is 0 Å². The Morgan fingerprint density at radius 2 is 1.83 bits per heavy atom. The van der Waals surface area contributed by atoms with Gasteiger partial charge in [-0.2, -0.15) is 0 Å². The van der Waals surface area contributed by atoms with Crippen molar-refractivity contribution in [2.24, 2.45) is 17.3 Å². The number of hydrogen-bond acceptors (Lipinski definition) is 5. The molecule has 1 aliphatic heterocycles. The standard InChI is InChI=1S/C27H38N2O5S/c1-6-21(25(31)28-13-15-34-16-14-28)29(24(30)19-9-7-18(2)8-10-19)22-17-20(11-12-27(3,4)5)35-23(22)26(32)33/h17-19,21H,6-10,13-16H2,1-5H3,(H,32,33)/t18-,19-,21-/m0/s1. The lowest BCUT2D eigenvalue weighted by Crippen LogP contribution is -2.55. The van der Waals surface area contributed by atoms with Gasteiger partial charge in [-0.15, -0.1) is 11.3 Å². The number of carboxylic acid groups (broad SMARTS) is 1. The van der Waals surface area contributed by atoms with E-state index in [2.05, 4.69) is 18.8 Å². The second-order valence-corrected chi connectivity index (χ2v) is 11.7. The number of thiophene rings is 1. The lowest BCUT2D eigenvalue weighted by atomic mass is 9.82. The Morgan fingerprint density at radius 1 is 1.20 bits per heavy atom. The SMILES string of the molecule is CC[C@@H](C(=O)N1CCOCC1)N(c1cc(C#CC(C)(C)C)sc1C(=O)O)C(=O)[C@H]1CC[C@H](C)CC1. The molecule has 1 aromatic rings. The summed E-state index contributed by atoms with van der Waals surface area (Å²) in [6, 6.07) is 0.918. The van der Waals surface area contributed by atoms with Crippen molar-refractivity contribution in [3.63, 3.8) is 0 Å². The van der Waals surface area contributed by atoms with Gasteiger partial charge in [-0.1, -0.05) is 25.7 Å². The normalized spacial score (nSPS) is 21.6. The van der Waals surface area contributed by atoms with E-state index in [1.165, 1.54) is 4.90 Å². The van der Waals surface area contributed by atoms with Crippen LogP contribution in [0.25, 0.3) is 0 Å². The van der Waals surface area contributed by atoms with E-state index in [9.17, 15) is 19.5 Å². The monoisotopic (exact) mass is 502 g/mol. The van der Waals surface area contributed by atoms with Gasteiger partial charge in [0.15, 0.2) is 0 Å². The topological polar surface area (TPSA) is 87.2 Å². The van der Waals surface area contributed by atoms with Gasteiger partial charge in [0.05, 0.1) is 23.8 Å². The number of ether oxygens (including phenoxy) is 1. The van der Waals surface area contributed by atoms with Gasteiger partial charge in [0.2, 0.25) is 11.8 Å². The predicted octanol–water partition coefficient (Wildman–Crippen LogP) is 4.64. The molecule has 2 aliphatic rings. The number of anilines is 1. The number of aromatic carboxylic acids is 1. The van der Waals surface area contributed by atoms with Gasteiger partial charge in [0.1, 0.15) is 10.9 Å². The molecule has 7 nitrogen and oxygen atoms in total. The number of hydrogen-bond donors (Lipinski definition) is 1. The lowest BCUT2D eigenvalue weighted by molar-refractivity contribution is -0.139. The fourth-order valence-corrected chi connectivity index (χ4v) is 5.47. The predicted molar refractivity (Wildman–Crippen MR) is 138 cm³/mol. The van der Waals surface area contributed by atoms with Gasteiger partial charge in [-0.3, -0.25) is 14.5 Å². The largest absolute Gasteiger partial charge is 0.477 e. The molecule has 1 aliphatic carbocycles. The minimum Gasteiger partial charge on any atom is -0.477 e. The zero-order valence-electron chi connectivity index (χ0n) is 21.6. The molecule has 1 aromatic heterocycles. The molecular weight excluding hydrogens is 464 g/mol. The third-order valence-electron chi connectivity index (χ3n) is 6.64. The van der Waals surface area contributed by atoms with Crippen LogP contribution in [0.5, 0.6) is 0 Å². The molecule has 1 saturated carbocycles. The molecule has 2 fully saturated rings. The highest BCUT2D eigenvalue weighted by molar-refractivity contribution is 7.15. The molecule has 192 valence electrons. The van der Waals surface area contributed by atoms with Crippen molar-refractivity contribution in [3.05, 3.63) is 15.8 Å². The summed E-state index contributed by atoms with van der Waals surface area (Å²) in [7, 11) is 0. The van der Waals surface area contributed by atoms with E-state index in [1.807, 2.05) is 27.7 Å². The fourth-order valence-electron chi connectivity index (χ4n) is 4.63. The first-order chi connectivity index (χ1) is 16.5. The fraction of sp³-hybridized carbons (Fsp3) is 0.667. The van der Waals surface area contributed by atoms with E-state index in [1.54, 1.807) is 11.0 Å². The summed E-state index contributed by atoms with van der Waals surface area (Å²) in [5, 5.41) is 10.0.